The SMILES string of the molecule is N#Cc1ccc2[nH]cc(CCCN3CCN(c4ccc(Oc5nccc(C(N)=O)n5)c5c4CCCC5)CC3)c2c1. The van der Waals surface area contributed by atoms with Gasteiger partial charge in [0.05, 0.1) is 11.6 Å². The number of fused-ring (bicyclic) bond motifs is 2. The molecule has 1 aliphatic heterocycles. The first kappa shape index (κ1) is 25.8. The summed E-state index contributed by atoms with van der Waals surface area (Å²) in [5.74, 6) is 0.161. The lowest BCUT2D eigenvalue weighted by molar-refractivity contribution is 0.0994. The minimum atomic E-state index is -0.601. The van der Waals surface area contributed by atoms with Gasteiger partial charge in [0.15, 0.2) is 0 Å². The van der Waals surface area contributed by atoms with Crippen LogP contribution in [0.5, 0.6) is 11.8 Å². The summed E-state index contributed by atoms with van der Waals surface area (Å²) in [5, 5.41) is 10.4. The second-order valence-corrected chi connectivity index (χ2v) is 10.6. The van der Waals surface area contributed by atoms with E-state index in [0.29, 0.717) is 5.56 Å². The number of H-pyrrole nitrogens is 1. The molecule has 9 heteroatoms. The predicted octanol–water partition coefficient (Wildman–Crippen LogP) is 4.35. The van der Waals surface area contributed by atoms with Crippen molar-refractivity contribution < 1.29 is 9.53 Å². The first-order valence-electron chi connectivity index (χ1n) is 14.0. The summed E-state index contributed by atoms with van der Waals surface area (Å²) in [4.78, 5) is 28.3. The van der Waals surface area contributed by atoms with Crippen LogP contribution >= 0.6 is 0 Å². The number of aromatic nitrogens is 3. The average Bonchev–Trinajstić information content (AvgIpc) is 3.40. The average molecular weight is 536 g/mol. The van der Waals surface area contributed by atoms with E-state index in [1.165, 1.54) is 41.1 Å². The van der Waals surface area contributed by atoms with Gasteiger partial charge in [0, 0.05) is 60.7 Å². The molecule has 4 aromatic rings. The molecule has 0 spiro atoms. The van der Waals surface area contributed by atoms with Crippen LogP contribution in [0.2, 0.25) is 0 Å². The Morgan fingerprint density at radius 2 is 1.90 bits per heavy atom. The molecule has 0 bridgehead atoms. The fourth-order valence-corrected chi connectivity index (χ4v) is 5.99. The van der Waals surface area contributed by atoms with Gasteiger partial charge in [0.1, 0.15) is 11.4 Å². The van der Waals surface area contributed by atoms with Gasteiger partial charge in [-0.3, -0.25) is 9.69 Å². The van der Waals surface area contributed by atoms with Crippen molar-refractivity contribution in [1.29, 1.82) is 5.26 Å². The molecule has 2 aliphatic rings. The van der Waals surface area contributed by atoms with Gasteiger partial charge < -0.3 is 20.4 Å². The van der Waals surface area contributed by atoms with Crippen LogP contribution in [-0.2, 0) is 19.3 Å². The highest BCUT2D eigenvalue weighted by Gasteiger charge is 2.24. The van der Waals surface area contributed by atoms with E-state index in [0.717, 1.165) is 81.5 Å². The Hall–Kier alpha value is -4.42. The van der Waals surface area contributed by atoms with Crippen LogP contribution in [0.25, 0.3) is 10.9 Å². The van der Waals surface area contributed by atoms with Crippen LogP contribution in [0, 0.1) is 11.3 Å². The largest absolute Gasteiger partial charge is 0.424 e. The lowest BCUT2D eigenvalue weighted by Gasteiger charge is -2.38. The second-order valence-electron chi connectivity index (χ2n) is 10.6. The minimum absolute atomic E-state index is 0.142. The Bertz CT molecular complexity index is 1580. The summed E-state index contributed by atoms with van der Waals surface area (Å²) in [5.41, 5.74) is 12.5. The molecular weight excluding hydrogens is 502 g/mol. The van der Waals surface area contributed by atoms with Crippen LogP contribution < -0.4 is 15.4 Å². The van der Waals surface area contributed by atoms with Crippen LogP contribution in [0.3, 0.4) is 0 Å². The first-order chi connectivity index (χ1) is 19.6. The zero-order valence-corrected chi connectivity index (χ0v) is 22.5. The second kappa shape index (κ2) is 11.4. The molecule has 0 saturated carbocycles. The van der Waals surface area contributed by atoms with E-state index >= 15 is 0 Å². The summed E-state index contributed by atoms with van der Waals surface area (Å²) >= 11 is 0. The minimum Gasteiger partial charge on any atom is -0.424 e. The molecule has 1 fully saturated rings. The molecule has 1 aliphatic carbocycles. The lowest BCUT2D eigenvalue weighted by Crippen LogP contribution is -2.47. The topological polar surface area (TPSA) is 124 Å². The lowest BCUT2D eigenvalue weighted by atomic mass is 9.89. The number of aryl methyl sites for hydroxylation is 1. The number of rotatable bonds is 8. The molecule has 1 saturated heterocycles. The van der Waals surface area contributed by atoms with Crippen LogP contribution in [0.1, 0.15) is 52.0 Å². The van der Waals surface area contributed by atoms with E-state index in [4.69, 9.17) is 10.5 Å². The van der Waals surface area contributed by atoms with Crippen molar-refractivity contribution in [2.75, 3.05) is 37.6 Å². The molecule has 0 radical (unpaired) electrons. The molecule has 0 unspecified atom stereocenters. The number of hydrogen-bond acceptors (Lipinski definition) is 7. The number of hydrogen-bond donors (Lipinski definition) is 2. The first-order valence-corrected chi connectivity index (χ1v) is 14.0. The summed E-state index contributed by atoms with van der Waals surface area (Å²) in [7, 11) is 0. The number of nitrogens with zero attached hydrogens (tertiary/aromatic N) is 5. The van der Waals surface area contributed by atoms with E-state index in [-0.39, 0.29) is 11.7 Å². The Balaban J connectivity index is 1.08. The molecule has 0 atom stereocenters. The maximum absolute atomic E-state index is 11.5. The zero-order chi connectivity index (χ0) is 27.5. The van der Waals surface area contributed by atoms with Gasteiger partial charge in [-0.15, -0.1) is 0 Å². The number of amides is 1. The zero-order valence-electron chi connectivity index (χ0n) is 22.5. The third-order valence-electron chi connectivity index (χ3n) is 8.08. The number of primary amides is 1. The number of carbonyl (C=O) groups excluding carboxylic acids is 1. The van der Waals surface area contributed by atoms with Gasteiger partial charge in [0.25, 0.3) is 5.91 Å². The van der Waals surface area contributed by atoms with Crippen LogP contribution in [-0.4, -0.2) is 58.5 Å². The van der Waals surface area contributed by atoms with E-state index in [1.807, 2.05) is 24.3 Å². The molecule has 6 rings (SSSR count). The van der Waals surface area contributed by atoms with E-state index in [1.54, 1.807) is 0 Å². The quantitative estimate of drug-likeness (QED) is 0.344. The van der Waals surface area contributed by atoms with Crippen LogP contribution in [0.15, 0.2) is 48.8 Å². The molecule has 2 aromatic heterocycles. The highest BCUT2D eigenvalue weighted by atomic mass is 16.5. The molecule has 3 heterocycles. The highest BCUT2D eigenvalue weighted by Crippen LogP contribution is 2.38. The molecule has 9 nitrogen and oxygen atoms in total. The van der Waals surface area contributed by atoms with Gasteiger partial charge in [0.2, 0.25) is 0 Å². The maximum Gasteiger partial charge on any atom is 0.322 e. The van der Waals surface area contributed by atoms with Crippen molar-refractivity contribution in [2.45, 2.75) is 38.5 Å². The number of piperazine rings is 1. The Kier molecular flexibility index (Phi) is 7.34. The third-order valence-corrected chi connectivity index (χ3v) is 8.08. The number of nitrogens with two attached hydrogens (primary N) is 1. The van der Waals surface area contributed by atoms with E-state index in [9.17, 15) is 10.1 Å². The normalized spacial score (nSPS) is 15.5. The number of carbonyl (C=O) groups is 1. The number of benzene rings is 2. The number of nitriles is 1. The summed E-state index contributed by atoms with van der Waals surface area (Å²) < 4.78 is 6.07. The van der Waals surface area contributed by atoms with Gasteiger partial charge in [-0.1, -0.05) is 0 Å². The van der Waals surface area contributed by atoms with E-state index < -0.39 is 5.91 Å². The Morgan fingerprint density at radius 3 is 2.70 bits per heavy atom. The molecule has 1 amide bonds. The molecular formula is C31H33N7O2. The monoisotopic (exact) mass is 535 g/mol. The Labute approximate surface area is 233 Å². The van der Waals surface area contributed by atoms with Crippen LogP contribution in [0.4, 0.5) is 5.69 Å². The number of anilines is 1. The molecule has 3 N–H and O–H groups in total. The maximum atomic E-state index is 11.5. The fourth-order valence-electron chi connectivity index (χ4n) is 5.99. The molecule has 204 valence electrons. The van der Waals surface area contributed by atoms with Crippen molar-refractivity contribution in [3.63, 3.8) is 0 Å². The third kappa shape index (κ3) is 5.36. The van der Waals surface area contributed by atoms with Crippen molar-refractivity contribution in [2.24, 2.45) is 5.73 Å². The standard InChI is InChI=1S/C31H33N7O2/c32-19-21-7-8-26-25(18-21)22(20-35-26)4-3-13-37-14-16-38(17-15-37)28-9-10-29(24-6-2-1-5-23(24)28)40-31-34-12-11-27(36-31)30(33)39/h7-12,18,20,35H,1-6,13-17H2,(H2,33,39). The van der Waals surface area contributed by atoms with Gasteiger partial charge in [-0.2, -0.15) is 10.2 Å². The van der Waals surface area contributed by atoms with Crippen molar-refractivity contribution in [3.05, 3.63) is 76.7 Å². The fraction of sp³-hybridized carbons (Fsp3) is 0.355. The smallest absolute Gasteiger partial charge is 0.322 e. The van der Waals surface area contributed by atoms with Crippen molar-refractivity contribution in [3.8, 4) is 17.8 Å². The summed E-state index contributed by atoms with van der Waals surface area (Å²) in [6.45, 7) is 5.12. The Morgan fingerprint density at radius 1 is 1.07 bits per heavy atom. The van der Waals surface area contributed by atoms with Gasteiger partial charge in [-0.25, -0.2) is 4.98 Å². The summed E-state index contributed by atoms with van der Waals surface area (Å²) in [6.07, 6.45) is 9.94. The number of aromatic amines is 1. The number of nitrogens with one attached hydrogen (secondary N) is 1. The number of ether oxygens (including phenoxy) is 1. The van der Waals surface area contributed by atoms with Gasteiger partial charge >= 0.3 is 6.01 Å². The van der Waals surface area contributed by atoms with E-state index in [2.05, 4.69) is 43.1 Å². The molecule has 2 aromatic carbocycles. The predicted molar refractivity (Wildman–Crippen MR) is 154 cm³/mol. The highest BCUT2D eigenvalue weighted by molar-refractivity contribution is 5.90. The van der Waals surface area contributed by atoms with Crippen molar-refractivity contribution in [1.82, 2.24) is 19.9 Å². The summed E-state index contributed by atoms with van der Waals surface area (Å²) in [6, 6.07) is 13.9. The van der Waals surface area contributed by atoms with Crippen molar-refractivity contribution >= 4 is 22.5 Å². The van der Waals surface area contributed by atoms with Gasteiger partial charge in [-0.05, 0) is 92.6 Å². The molecule has 40 heavy (non-hydrogen) atoms.